The van der Waals surface area contributed by atoms with E-state index in [0.717, 1.165) is 34.4 Å². The minimum atomic E-state index is -0.303. The van der Waals surface area contributed by atoms with Gasteiger partial charge in [-0.3, -0.25) is 0 Å². The van der Waals surface area contributed by atoms with Crippen LogP contribution in [0.4, 0.5) is 0 Å². The molecule has 0 amide bonds. The van der Waals surface area contributed by atoms with Crippen LogP contribution in [0.25, 0.3) is 33.5 Å². The van der Waals surface area contributed by atoms with Crippen molar-refractivity contribution in [2.24, 2.45) is 0 Å². The average molecular weight is 370 g/mol. The molecule has 4 aromatic rings. The Morgan fingerprint density at radius 2 is 1.79 bits per heavy atom. The summed E-state index contributed by atoms with van der Waals surface area (Å²) >= 11 is 0. The molecule has 0 unspecified atom stereocenters. The number of fused-ring (bicyclic) bond motifs is 1. The standard InChI is InChI=1S/C24H22N2O2/c1-3-14-28-24(27)19-11-7-10-18(15-19)23-25-21-13-12-20(16(2)22(21)26-23)17-8-5-4-6-9-17/h4-13,15H,3,14H2,1-2H3,(H,25,26). The van der Waals surface area contributed by atoms with Crippen LogP contribution in [0.2, 0.25) is 0 Å². The second-order valence-corrected chi connectivity index (χ2v) is 6.80. The van der Waals surface area contributed by atoms with Crippen molar-refractivity contribution in [1.82, 2.24) is 9.97 Å². The van der Waals surface area contributed by atoms with E-state index in [-0.39, 0.29) is 5.97 Å². The second kappa shape index (κ2) is 7.69. The van der Waals surface area contributed by atoms with Crippen molar-refractivity contribution in [3.05, 3.63) is 77.9 Å². The Labute approximate surface area is 164 Å². The Balaban J connectivity index is 1.73. The van der Waals surface area contributed by atoms with Crippen LogP contribution in [0.5, 0.6) is 0 Å². The molecular formula is C24H22N2O2. The number of benzene rings is 3. The molecule has 0 bridgehead atoms. The molecule has 3 aromatic carbocycles. The van der Waals surface area contributed by atoms with Crippen molar-refractivity contribution in [3.8, 4) is 22.5 Å². The second-order valence-electron chi connectivity index (χ2n) is 6.80. The quantitative estimate of drug-likeness (QED) is 0.454. The minimum absolute atomic E-state index is 0.303. The molecule has 0 atom stereocenters. The van der Waals surface area contributed by atoms with Gasteiger partial charge >= 0.3 is 5.97 Å². The van der Waals surface area contributed by atoms with Gasteiger partial charge in [0.15, 0.2) is 0 Å². The topological polar surface area (TPSA) is 55.0 Å². The van der Waals surface area contributed by atoms with Gasteiger partial charge in [0.05, 0.1) is 23.2 Å². The van der Waals surface area contributed by atoms with Gasteiger partial charge in [0.25, 0.3) is 0 Å². The number of aromatic amines is 1. The molecular weight excluding hydrogens is 348 g/mol. The predicted molar refractivity (Wildman–Crippen MR) is 112 cm³/mol. The summed E-state index contributed by atoms with van der Waals surface area (Å²) in [6.45, 7) is 4.49. The Kier molecular flexibility index (Phi) is 4.94. The number of aromatic nitrogens is 2. The molecule has 0 saturated heterocycles. The van der Waals surface area contributed by atoms with Gasteiger partial charge in [-0.05, 0) is 48.2 Å². The minimum Gasteiger partial charge on any atom is -0.462 e. The summed E-state index contributed by atoms with van der Waals surface area (Å²) in [5, 5.41) is 0. The predicted octanol–water partition coefficient (Wildman–Crippen LogP) is 5.77. The number of carbonyl (C=O) groups excluding carboxylic acids is 1. The maximum absolute atomic E-state index is 12.2. The van der Waals surface area contributed by atoms with Gasteiger partial charge in [0, 0.05) is 5.56 Å². The molecule has 0 saturated carbocycles. The van der Waals surface area contributed by atoms with Crippen molar-refractivity contribution in [2.75, 3.05) is 6.61 Å². The number of hydrogen-bond donors (Lipinski definition) is 1. The van der Waals surface area contributed by atoms with Crippen molar-refractivity contribution in [2.45, 2.75) is 20.3 Å². The van der Waals surface area contributed by atoms with E-state index in [0.29, 0.717) is 12.2 Å². The molecule has 0 aliphatic rings. The van der Waals surface area contributed by atoms with Crippen molar-refractivity contribution < 1.29 is 9.53 Å². The zero-order chi connectivity index (χ0) is 19.5. The van der Waals surface area contributed by atoms with E-state index < -0.39 is 0 Å². The van der Waals surface area contributed by atoms with Gasteiger partial charge in [-0.2, -0.15) is 0 Å². The van der Waals surface area contributed by atoms with E-state index in [1.165, 1.54) is 11.1 Å². The van der Waals surface area contributed by atoms with Crippen LogP contribution in [-0.4, -0.2) is 22.5 Å². The maximum atomic E-state index is 12.2. The Morgan fingerprint density at radius 1 is 1.00 bits per heavy atom. The van der Waals surface area contributed by atoms with E-state index in [2.05, 4.69) is 36.2 Å². The first-order valence-corrected chi connectivity index (χ1v) is 9.49. The molecule has 0 aliphatic heterocycles. The first-order valence-electron chi connectivity index (χ1n) is 9.49. The van der Waals surface area contributed by atoms with Crippen molar-refractivity contribution in [1.29, 1.82) is 0 Å². The summed E-state index contributed by atoms with van der Waals surface area (Å²) in [5.41, 5.74) is 6.79. The van der Waals surface area contributed by atoms with Gasteiger partial charge < -0.3 is 9.72 Å². The third-order valence-corrected chi connectivity index (χ3v) is 4.80. The van der Waals surface area contributed by atoms with Crippen LogP contribution in [0.3, 0.4) is 0 Å². The number of nitrogens with one attached hydrogen (secondary N) is 1. The molecule has 0 radical (unpaired) electrons. The summed E-state index contributed by atoms with van der Waals surface area (Å²) in [4.78, 5) is 20.4. The number of nitrogens with zero attached hydrogens (tertiary/aromatic N) is 1. The molecule has 0 aliphatic carbocycles. The highest BCUT2D eigenvalue weighted by Gasteiger charge is 2.13. The molecule has 1 aromatic heterocycles. The fourth-order valence-corrected chi connectivity index (χ4v) is 3.35. The third kappa shape index (κ3) is 3.41. The number of aryl methyl sites for hydroxylation is 1. The fraction of sp³-hybridized carbons (Fsp3) is 0.167. The van der Waals surface area contributed by atoms with Crippen LogP contribution in [0.1, 0.15) is 29.3 Å². The fourth-order valence-electron chi connectivity index (χ4n) is 3.35. The Hall–Kier alpha value is -3.40. The maximum Gasteiger partial charge on any atom is 0.338 e. The SMILES string of the molecule is CCCOC(=O)c1cccc(-c2nc3c(C)c(-c4ccccc4)ccc3[nH]2)c1. The highest BCUT2D eigenvalue weighted by Crippen LogP contribution is 2.30. The van der Waals surface area contributed by atoms with Crippen molar-refractivity contribution >= 4 is 17.0 Å². The van der Waals surface area contributed by atoms with Gasteiger partial charge in [0.2, 0.25) is 0 Å². The molecule has 4 heteroatoms. The zero-order valence-electron chi connectivity index (χ0n) is 16.0. The van der Waals surface area contributed by atoms with E-state index in [4.69, 9.17) is 9.72 Å². The van der Waals surface area contributed by atoms with E-state index in [1.54, 1.807) is 6.07 Å². The van der Waals surface area contributed by atoms with Crippen LogP contribution in [0, 0.1) is 6.92 Å². The molecule has 0 spiro atoms. The van der Waals surface area contributed by atoms with E-state index >= 15 is 0 Å². The molecule has 140 valence electrons. The normalized spacial score (nSPS) is 10.9. The van der Waals surface area contributed by atoms with Gasteiger partial charge in [0.1, 0.15) is 5.82 Å². The number of imidazole rings is 1. The summed E-state index contributed by atoms with van der Waals surface area (Å²) < 4.78 is 5.24. The highest BCUT2D eigenvalue weighted by atomic mass is 16.5. The first-order chi connectivity index (χ1) is 13.7. The van der Waals surface area contributed by atoms with Crippen LogP contribution in [-0.2, 0) is 4.74 Å². The lowest BCUT2D eigenvalue weighted by Crippen LogP contribution is -2.05. The monoisotopic (exact) mass is 370 g/mol. The zero-order valence-corrected chi connectivity index (χ0v) is 16.0. The number of H-pyrrole nitrogens is 1. The van der Waals surface area contributed by atoms with Crippen molar-refractivity contribution in [3.63, 3.8) is 0 Å². The molecule has 4 rings (SSSR count). The van der Waals surface area contributed by atoms with Crippen LogP contribution < -0.4 is 0 Å². The van der Waals surface area contributed by atoms with E-state index in [1.807, 2.05) is 43.3 Å². The van der Waals surface area contributed by atoms with Gasteiger partial charge in [-0.1, -0.05) is 55.5 Å². The number of esters is 1. The van der Waals surface area contributed by atoms with Gasteiger partial charge in [-0.25, -0.2) is 9.78 Å². The summed E-state index contributed by atoms with van der Waals surface area (Å²) in [6.07, 6.45) is 0.804. The van der Waals surface area contributed by atoms with Crippen LogP contribution in [0.15, 0.2) is 66.7 Å². The lowest BCUT2D eigenvalue weighted by atomic mass is 9.99. The Morgan fingerprint density at radius 3 is 2.57 bits per heavy atom. The average Bonchev–Trinajstić information content (AvgIpc) is 3.18. The highest BCUT2D eigenvalue weighted by molar-refractivity contribution is 5.92. The smallest absolute Gasteiger partial charge is 0.338 e. The summed E-state index contributed by atoms with van der Waals surface area (Å²) in [5.74, 6) is 0.441. The number of carbonyl (C=O) groups is 1. The molecule has 1 N–H and O–H groups in total. The number of rotatable bonds is 5. The first kappa shape index (κ1) is 18.0. The summed E-state index contributed by atoms with van der Waals surface area (Å²) in [6, 6.07) is 21.9. The van der Waals surface area contributed by atoms with E-state index in [9.17, 15) is 4.79 Å². The van der Waals surface area contributed by atoms with Crippen LogP contribution >= 0.6 is 0 Å². The molecule has 0 fully saturated rings. The number of ether oxygens (including phenoxy) is 1. The molecule has 1 heterocycles. The molecule has 4 nitrogen and oxygen atoms in total. The molecule has 28 heavy (non-hydrogen) atoms. The number of hydrogen-bond acceptors (Lipinski definition) is 3. The lowest BCUT2D eigenvalue weighted by Gasteiger charge is -2.06. The lowest BCUT2D eigenvalue weighted by molar-refractivity contribution is 0.0505. The Bertz CT molecular complexity index is 1130. The largest absolute Gasteiger partial charge is 0.462 e. The summed E-state index contributed by atoms with van der Waals surface area (Å²) in [7, 11) is 0. The van der Waals surface area contributed by atoms with Gasteiger partial charge in [-0.15, -0.1) is 0 Å². The third-order valence-electron chi connectivity index (χ3n) is 4.80.